The predicted molar refractivity (Wildman–Crippen MR) is 72.3 cm³/mol. The lowest BCUT2D eigenvalue weighted by Gasteiger charge is -2.00. The molecule has 0 fully saturated rings. The number of hydrogen-bond acceptors (Lipinski definition) is 1. The maximum atomic E-state index is 5.61. The zero-order valence-corrected chi connectivity index (χ0v) is 11.5. The fourth-order valence-electron chi connectivity index (χ4n) is 1.40. The molecule has 0 aliphatic carbocycles. The molecule has 0 heterocycles. The van der Waals surface area contributed by atoms with Gasteiger partial charge in [0, 0.05) is 0 Å². The van der Waals surface area contributed by atoms with Crippen molar-refractivity contribution in [3.05, 3.63) is 0 Å². The molecular weight excluding hydrogens is 236 g/mol. The molecule has 1 nitrogen and oxygen atoms in total. The van der Waals surface area contributed by atoms with Crippen LogP contribution < -0.4 is 5.73 Å². The minimum atomic E-state index is 0. The summed E-state index contributed by atoms with van der Waals surface area (Å²) in [5.74, 6) is 0. The van der Waals surface area contributed by atoms with Crippen LogP contribution in [0.1, 0.15) is 51.4 Å². The summed E-state index contributed by atoms with van der Waals surface area (Å²) < 4.78 is 0. The van der Waals surface area contributed by atoms with Gasteiger partial charge in [0.1, 0.15) is 0 Å². The molecule has 4 heteroatoms. The Balaban J connectivity index is 0. The predicted octanol–water partition coefficient (Wildman–Crippen LogP) is 4.32. The van der Waals surface area contributed by atoms with Crippen LogP contribution in [0.5, 0.6) is 0 Å². The van der Waals surface area contributed by atoms with Crippen LogP contribution in [0, 0.1) is 0 Å². The fraction of sp³-hybridized carbons (Fsp3) is 1.00. The normalized spacial score (nSPS) is 10.7. The van der Waals surface area contributed by atoms with Gasteiger partial charge in [0.2, 0.25) is 0 Å². The van der Waals surface area contributed by atoms with Gasteiger partial charge in [-0.05, 0) is 33.5 Å². The third-order valence-corrected chi connectivity index (χ3v) is 3.33. The maximum Gasteiger partial charge on any atom is -0.00773 e. The number of unbranched alkanes of at least 4 members (excludes halogenated alkanes) is 7. The van der Waals surface area contributed by atoms with Crippen molar-refractivity contribution in [1.29, 1.82) is 0 Å². The second-order valence-electron chi connectivity index (χ2n) is 3.50. The summed E-state index contributed by atoms with van der Waals surface area (Å²) >= 11 is 5.61. The van der Waals surface area contributed by atoms with Gasteiger partial charge in [-0.15, -0.1) is 23.6 Å². The summed E-state index contributed by atoms with van der Waals surface area (Å²) in [6.45, 7) is 0.858. The van der Waals surface area contributed by atoms with Crippen molar-refractivity contribution in [2.45, 2.75) is 51.4 Å². The van der Waals surface area contributed by atoms with Crippen LogP contribution in [-0.4, -0.2) is 12.7 Å². The molecule has 14 heavy (non-hydrogen) atoms. The van der Waals surface area contributed by atoms with Gasteiger partial charge in [-0.3, -0.25) is 0 Å². The minimum Gasteiger partial charge on any atom is -0.330 e. The smallest absolute Gasteiger partial charge is 0.00773 e. The van der Waals surface area contributed by atoms with Crippen molar-refractivity contribution in [3.63, 3.8) is 0 Å². The average Bonchev–Trinajstić information content (AvgIpc) is 2.16. The summed E-state index contributed by atoms with van der Waals surface area (Å²) in [5.41, 5.74) is 5.41. The lowest BCUT2D eigenvalue weighted by Crippen LogP contribution is -1.97. The first-order valence-electron chi connectivity index (χ1n) is 5.45. The molecule has 1 unspecified atom stereocenters. The molecule has 1 atom stereocenters. The Kier molecular flexibility index (Phi) is 20.3. The van der Waals surface area contributed by atoms with E-state index in [2.05, 4.69) is 0 Å². The first kappa shape index (κ1) is 17.4. The minimum absolute atomic E-state index is 0. The standard InChI is InChI=1S/C10H23ClNP.ClH/c11-13-10-8-6-4-2-1-3-5-7-9-12;/h13H,1-10,12H2;1H. The van der Waals surface area contributed by atoms with Crippen LogP contribution in [0.3, 0.4) is 0 Å². The van der Waals surface area contributed by atoms with Crippen molar-refractivity contribution in [1.82, 2.24) is 0 Å². The zero-order chi connectivity index (χ0) is 9.78. The lowest BCUT2D eigenvalue weighted by atomic mass is 10.1. The van der Waals surface area contributed by atoms with Gasteiger partial charge in [0.15, 0.2) is 0 Å². The van der Waals surface area contributed by atoms with Crippen LogP contribution in [0.2, 0.25) is 0 Å². The van der Waals surface area contributed by atoms with Crippen LogP contribution in [0.15, 0.2) is 0 Å². The van der Waals surface area contributed by atoms with E-state index in [1.54, 1.807) is 0 Å². The van der Waals surface area contributed by atoms with E-state index >= 15 is 0 Å². The Morgan fingerprint density at radius 3 is 1.64 bits per heavy atom. The SMILES string of the molecule is Cl.NCCCCCCCCCCPCl. The van der Waals surface area contributed by atoms with E-state index in [0.29, 0.717) is 7.93 Å². The van der Waals surface area contributed by atoms with Crippen LogP contribution in [0.4, 0.5) is 0 Å². The van der Waals surface area contributed by atoms with E-state index in [1.165, 1.54) is 57.5 Å². The van der Waals surface area contributed by atoms with Crippen LogP contribution in [-0.2, 0) is 0 Å². The second kappa shape index (κ2) is 16.4. The summed E-state index contributed by atoms with van der Waals surface area (Å²) in [5, 5.41) is 0. The van der Waals surface area contributed by atoms with Gasteiger partial charge < -0.3 is 5.73 Å². The molecule has 0 aromatic heterocycles. The first-order valence-corrected chi connectivity index (χ1v) is 7.67. The monoisotopic (exact) mass is 259 g/mol. The van der Waals surface area contributed by atoms with E-state index < -0.39 is 0 Å². The fourth-order valence-corrected chi connectivity index (χ4v) is 2.18. The molecule has 0 saturated carbocycles. The molecule has 0 bridgehead atoms. The first-order chi connectivity index (χ1) is 6.41. The number of nitrogens with two attached hydrogens (primary N) is 1. The van der Waals surface area contributed by atoms with Crippen molar-refractivity contribution in [3.8, 4) is 0 Å². The van der Waals surface area contributed by atoms with Crippen molar-refractivity contribution in [2.24, 2.45) is 5.73 Å². The lowest BCUT2D eigenvalue weighted by molar-refractivity contribution is 0.579. The zero-order valence-electron chi connectivity index (χ0n) is 8.93. The summed E-state index contributed by atoms with van der Waals surface area (Å²) in [6, 6.07) is 0. The molecular formula is C10H24Cl2NP. The molecule has 0 radical (unpaired) electrons. The van der Waals surface area contributed by atoms with E-state index in [-0.39, 0.29) is 12.4 Å². The summed E-state index contributed by atoms with van der Waals surface area (Å²) in [4.78, 5) is 0. The Morgan fingerprint density at radius 2 is 1.21 bits per heavy atom. The summed E-state index contributed by atoms with van der Waals surface area (Å²) in [6.07, 6.45) is 12.0. The molecule has 0 aromatic rings. The number of halogens is 2. The molecule has 0 saturated heterocycles. The van der Waals surface area contributed by atoms with Gasteiger partial charge in [0.25, 0.3) is 0 Å². The van der Waals surface area contributed by atoms with Crippen molar-refractivity contribution in [2.75, 3.05) is 12.7 Å². The molecule has 0 aromatic carbocycles. The third kappa shape index (κ3) is 15.4. The molecule has 2 N–H and O–H groups in total. The number of hydrogen-bond donors (Lipinski definition) is 1. The highest BCUT2D eigenvalue weighted by atomic mass is 35.7. The Labute approximate surface area is 102 Å². The Bertz CT molecular complexity index is 84.2. The topological polar surface area (TPSA) is 26.0 Å². The van der Waals surface area contributed by atoms with Crippen molar-refractivity contribution < 1.29 is 0 Å². The van der Waals surface area contributed by atoms with E-state index in [0.717, 1.165) is 6.54 Å². The highest BCUT2D eigenvalue weighted by Gasteiger charge is 1.91. The Morgan fingerprint density at radius 1 is 0.786 bits per heavy atom. The Hall–Kier alpha value is 0.970. The van der Waals surface area contributed by atoms with Gasteiger partial charge >= 0.3 is 0 Å². The van der Waals surface area contributed by atoms with Crippen molar-refractivity contribution >= 4 is 31.6 Å². The maximum absolute atomic E-state index is 5.61. The molecule has 0 amide bonds. The van der Waals surface area contributed by atoms with Gasteiger partial charge in [-0.2, -0.15) is 0 Å². The van der Waals surface area contributed by atoms with Gasteiger partial charge in [0.05, 0.1) is 0 Å². The molecule has 0 aliphatic heterocycles. The van der Waals surface area contributed by atoms with E-state index in [9.17, 15) is 0 Å². The molecule has 0 rings (SSSR count). The second-order valence-corrected chi connectivity index (χ2v) is 5.07. The molecule has 0 spiro atoms. The average molecular weight is 260 g/mol. The molecule has 88 valence electrons. The molecule has 0 aliphatic rings. The number of rotatable bonds is 10. The van der Waals surface area contributed by atoms with E-state index in [1.807, 2.05) is 0 Å². The van der Waals surface area contributed by atoms with Gasteiger partial charge in [-0.25, -0.2) is 0 Å². The largest absolute Gasteiger partial charge is 0.330 e. The van der Waals surface area contributed by atoms with E-state index in [4.69, 9.17) is 17.0 Å². The summed E-state index contributed by atoms with van der Waals surface area (Å²) in [7, 11) is 0.628. The van der Waals surface area contributed by atoms with Crippen LogP contribution in [0.25, 0.3) is 0 Å². The third-order valence-electron chi connectivity index (χ3n) is 2.23. The highest BCUT2D eigenvalue weighted by molar-refractivity contribution is 7.68. The quantitative estimate of drug-likeness (QED) is 0.459. The van der Waals surface area contributed by atoms with Gasteiger partial charge in [-0.1, -0.05) is 38.5 Å². The van der Waals surface area contributed by atoms with Crippen LogP contribution >= 0.6 is 31.6 Å². The highest BCUT2D eigenvalue weighted by Crippen LogP contribution is 2.18.